The fraction of sp³-hybridized carbons (Fsp3) is 0.571. The summed E-state index contributed by atoms with van der Waals surface area (Å²) < 4.78 is 5.74. The highest BCUT2D eigenvalue weighted by molar-refractivity contribution is 5.37. The highest BCUT2D eigenvalue weighted by Crippen LogP contribution is 2.34. The predicted molar refractivity (Wildman–Crippen MR) is 70.4 cm³/mol. The van der Waals surface area contributed by atoms with Crippen molar-refractivity contribution in [2.45, 2.75) is 13.0 Å². The lowest BCUT2D eigenvalue weighted by Gasteiger charge is -2.32. The van der Waals surface area contributed by atoms with Crippen molar-refractivity contribution in [1.29, 1.82) is 0 Å². The van der Waals surface area contributed by atoms with E-state index in [4.69, 9.17) is 4.74 Å². The van der Waals surface area contributed by atoms with Gasteiger partial charge in [0.05, 0.1) is 6.61 Å². The smallest absolute Gasteiger partial charge is 0.124 e. The lowest BCUT2D eigenvalue weighted by molar-refractivity contribution is 0.186. The Morgan fingerprint density at radius 2 is 2.12 bits per heavy atom. The van der Waals surface area contributed by atoms with Crippen LogP contribution < -0.4 is 10.1 Å². The van der Waals surface area contributed by atoms with E-state index in [-0.39, 0.29) is 0 Å². The largest absolute Gasteiger partial charge is 0.493 e. The van der Waals surface area contributed by atoms with Gasteiger partial charge in [-0.25, -0.2) is 0 Å². The molecular weight excluding hydrogens is 212 g/mol. The molecule has 3 heteroatoms. The molecule has 1 aliphatic heterocycles. The Morgan fingerprint density at radius 3 is 2.88 bits per heavy atom. The van der Waals surface area contributed by atoms with E-state index in [1.54, 1.807) is 0 Å². The summed E-state index contributed by atoms with van der Waals surface area (Å²) in [5.74, 6) is 1.56. The second-order valence-electron chi connectivity index (χ2n) is 5.06. The van der Waals surface area contributed by atoms with Gasteiger partial charge in [0.1, 0.15) is 5.75 Å². The first-order chi connectivity index (χ1) is 8.18. The first-order valence-corrected chi connectivity index (χ1v) is 6.28. The Morgan fingerprint density at radius 1 is 1.35 bits per heavy atom. The normalized spacial score (nSPS) is 23.3. The van der Waals surface area contributed by atoms with Crippen molar-refractivity contribution in [3.8, 4) is 5.75 Å². The Kier molecular flexibility index (Phi) is 4.02. The summed E-state index contributed by atoms with van der Waals surface area (Å²) in [5, 5.41) is 3.64. The van der Waals surface area contributed by atoms with E-state index in [0.717, 1.165) is 25.4 Å². The minimum atomic E-state index is 0.417. The molecule has 0 saturated heterocycles. The molecular formula is C14H22N2O. The molecule has 1 heterocycles. The molecule has 0 spiro atoms. The van der Waals surface area contributed by atoms with Crippen LogP contribution in [0.15, 0.2) is 24.3 Å². The van der Waals surface area contributed by atoms with Gasteiger partial charge in [-0.3, -0.25) is 0 Å². The van der Waals surface area contributed by atoms with Gasteiger partial charge in [0.15, 0.2) is 0 Å². The zero-order valence-electron chi connectivity index (χ0n) is 10.9. The van der Waals surface area contributed by atoms with Gasteiger partial charge in [-0.1, -0.05) is 25.1 Å². The number of likely N-dealkylation sites (N-methyl/N-ethyl adjacent to an activating group) is 1. The first-order valence-electron chi connectivity index (χ1n) is 6.28. The zero-order chi connectivity index (χ0) is 12.3. The maximum atomic E-state index is 5.74. The summed E-state index contributed by atoms with van der Waals surface area (Å²) >= 11 is 0. The highest BCUT2D eigenvalue weighted by atomic mass is 16.5. The van der Waals surface area contributed by atoms with E-state index < -0.39 is 0 Å². The number of benzene rings is 1. The molecule has 0 aromatic heterocycles. The molecule has 94 valence electrons. The molecule has 2 unspecified atom stereocenters. The van der Waals surface area contributed by atoms with Gasteiger partial charge in [0.25, 0.3) is 0 Å². The molecule has 1 N–H and O–H groups in total. The number of rotatable bonds is 4. The van der Waals surface area contributed by atoms with Gasteiger partial charge in [-0.2, -0.15) is 0 Å². The monoisotopic (exact) mass is 234 g/mol. The second kappa shape index (κ2) is 5.52. The Labute approximate surface area is 104 Å². The van der Waals surface area contributed by atoms with Gasteiger partial charge in [-0.05, 0) is 20.2 Å². The van der Waals surface area contributed by atoms with E-state index in [2.05, 4.69) is 49.4 Å². The number of nitrogens with one attached hydrogen (secondary N) is 1. The van der Waals surface area contributed by atoms with Crippen molar-refractivity contribution >= 4 is 0 Å². The maximum absolute atomic E-state index is 5.74. The third-order valence-corrected chi connectivity index (χ3v) is 3.25. The number of hydrogen-bond donors (Lipinski definition) is 1. The summed E-state index contributed by atoms with van der Waals surface area (Å²) in [4.78, 5) is 2.20. The minimum absolute atomic E-state index is 0.417. The van der Waals surface area contributed by atoms with E-state index in [9.17, 15) is 0 Å². The van der Waals surface area contributed by atoms with Crippen LogP contribution in [0, 0.1) is 5.92 Å². The predicted octanol–water partition coefficient (Wildman–Crippen LogP) is 1.91. The Balaban J connectivity index is 2.05. The lowest BCUT2D eigenvalue weighted by Crippen LogP contribution is -2.37. The van der Waals surface area contributed by atoms with Gasteiger partial charge < -0.3 is 15.0 Å². The van der Waals surface area contributed by atoms with Crippen LogP contribution in [0.3, 0.4) is 0 Å². The first kappa shape index (κ1) is 12.4. The molecule has 0 saturated carbocycles. The van der Waals surface area contributed by atoms with E-state index in [1.165, 1.54) is 5.56 Å². The van der Waals surface area contributed by atoms with Crippen LogP contribution in [0.2, 0.25) is 0 Å². The summed E-state index contributed by atoms with van der Waals surface area (Å²) in [6.45, 7) is 5.11. The summed E-state index contributed by atoms with van der Waals surface area (Å²) in [6.07, 6.45) is 0. The lowest BCUT2D eigenvalue weighted by atomic mass is 9.92. The average molecular weight is 234 g/mol. The fourth-order valence-corrected chi connectivity index (χ4v) is 2.25. The molecule has 0 fully saturated rings. The van der Waals surface area contributed by atoms with Crippen LogP contribution in [0.4, 0.5) is 0 Å². The van der Waals surface area contributed by atoms with E-state index in [0.29, 0.717) is 12.0 Å². The molecule has 1 aliphatic rings. The van der Waals surface area contributed by atoms with Gasteiger partial charge >= 0.3 is 0 Å². The SMILES string of the molecule is CC1COc2ccccc2C1NCCN(C)C. The number of para-hydroxylation sites is 1. The summed E-state index contributed by atoms with van der Waals surface area (Å²) in [5.41, 5.74) is 1.30. The molecule has 0 radical (unpaired) electrons. The third kappa shape index (κ3) is 2.99. The number of fused-ring (bicyclic) bond motifs is 1. The van der Waals surface area contributed by atoms with Crippen molar-refractivity contribution in [2.24, 2.45) is 5.92 Å². The highest BCUT2D eigenvalue weighted by Gasteiger charge is 2.26. The zero-order valence-corrected chi connectivity index (χ0v) is 10.9. The van der Waals surface area contributed by atoms with Crippen LogP contribution in [-0.2, 0) is 0 Å². The molecule has 1 aromatic rings. The maximum Gasteiger partial charge on any atom is 0.124 e. The van der Waals surface area contributed by atoms with Crippen LogP contribution in [-0.4, -0.2) is 38.7 Å². The van der Waals surface area contributed by atoms with Gasteiger partial charge in [0.2, 0.25) is 0 Å². The number of nitrogens with zero attached hydrogens (tertiary/aromatic N) is 1. The topological polar surface area (TPSA) is 24.5 Å². The summed E-state index contributed by atoms with van der Waals surface area (Å²) in [7, 11) is 4.20. The molecule has 2 rings (SSSR count). The van der Waals surface area contributed by atoms with Crippen LogP contribution >= 0.6 is 0 Å². The van der Waals surface area contributed by atoms with E-state index >= 15 is 0 Å². The molecule has 3 nitrogen and oxygen atoms in total. The van der Waals surface area contributed by atoms with Crippen molar-refractivity contribution in [3.63, 3.8) is 0 Å². The minimum Gasteiger partial charge on any atom is -0.493 e. The second-order valence-corrected chi connectivity index (χ2v) is 5.06. The molecule has 2 atom stereocenters. The molecule has 17 heavy (non-hydrogen) atoms. The quantitative estimate of drug-likeness (QED) is 0.861. The van der Waals surface area contributed by atoms with Crippen LogP contribution in [0.1, 0.15) is 18.5 Å². The summed E-state index contributed by atoms with van der Waals surface area (Å²) in [6, 6.07) is 8.76. The molecule has 1 aromatic carbocycles. The van der Waals surface area contributed by atoms with Crippen molar-refractivity contribution in [3.05, 3.63) is 29.8 Å². The van der Waals surface area contributed by atoms with E-state index in [1.807, 2.05) is 6.07 Å². The van der Waals surface area contributed by atoms with Crippen molar-refractivity contribution < 1.29 is 4.74 Å². The number of ether oxygens (including phenoxy) is 1. The molecule has 0 amide bonds. The molecule has 0 aliphatic carbocycles. The number of hydrogen-bond acceptors (Lipinski definition) is 3. The fourth-order valence-electron chi connectivity index (χ4n) is 2.25. The Hall–Kier alpha value is -1.06. The van der Waals surface area contributed by atoms with Gasteiger partial charge in [-0.15, -0.1) is 0 Å². The van der Waals surface area contributed by atoms with Crippen LogP contribution in [0.25, 0.3) is 0 Å². The average Bonchev–Trinajstić information content (AvgIpc) is 2.32. The van der Waals surface area contributed by atoms with Crippen molar-refractivity contribution in [1.82, 2.24) is 10.2 Å². The molecule has 0 bridgehead atoms. The van der Waals surface area contributed by atoms with Gasteiger partial charge in [0, 0.05) is 30.6 Å². The third-order valence-electron chi connectivity index (χ3n) is 3.25. The Bertz CT molecular complexity index is 365. The van der Waals surface area contributed by atoms with Crippen LogP contribution in [0.5, 0.6) is 5.75 Å². The van der Waals surface area contributed by atoms with Crippen molar-refractivity contribution in [2.75, 3.05) is 33.8 Å². The standard InChI is InChI=1S/C14H22N2O/c1-11-10-17-13-7-5-4-6-12(13)14(11)15-8-9-16(2)3/h4-7,11,14-15H,8-10H2,1-3H3.